The highest BCUT2D eigenvalue weighted by Gasteiger charge is 2.05. The van der Waals surface area contributed by atoms with E-state index in [1.807, 2.05) is 25.1 Å². The first-order valence-corrected chi connectivity index (χ1v) is 8.09. The van der Waals surface area contributed by atoms with E-state index >= 15 is 0 Å². The Hall–Kier alpha value is -0.580. The van der Waals surface area contributed by atoms with Crippen LogP contribution in [-0.2, 0) is 0 Å². The molecule has 0 atom stereocenters. The normalized spacial score (nSPS) is 10.4. The molecule has 0 aliphatic rings. The van der Waals surface area contributed by atoms with Crippen molar-refractivity contribution in [1.29, 1.82) is 0 Å². The average Bonchev–Trinajstić information content (AvgIpc) is 2.36. The highest BCUT2D eigenvalue weighted by molar-refractivity contribution is 14.1. The van der Waals surface area contributed by atoms with E-state index in [4.69, 9.17) is 0 Å². The van der Waals surface area contributed by atoms with Crippen LogP contribution in [0.1, 0.15) is 47.2 Å². The van der Waals surface area contributed by atoms with Crippen molar-refractivity contribution in [3.8, 4) is 0 Å². The third kappa shape index (κ3) is 5.38. The number of halogens is 1. The van der Waals surface area contributed by atoms with Gasteiger partial charge in [-0.1, -0.05) is 41.5 Å². The second kappa shape index (κ2) is 8.51. The Kier molecular flexibility index (Phi) is 7.32. The molecule has 0 aliphatic carbocycles. The number of hydrogen-bond acceptors (Lipinski definition) is 1. The van der Waals surface area contributed by atoms with Gasteiger partial charge < -0.3 is 5.32 Å². The van der Waals surface area contributed by atoms with Gasteiger partial charge in [-0.3, -0.25) is 4.79 Å². The van der Waals surface area contributed by atoms with Gasteiger partial charge >= 0.3 is 0 Å². The van der Waals surface area contributed by atoms with Crippen LogP contribution in [0.25, 0.3) is 0 Å². The zero-order valence-corrected chi connectivity index (χ0v) is 13.4. The summed E-state index contributed by atoms with van der Waals surface area (Å²) in [4.78, 5) is 11.9. The van der Waals surface area contributed by atoms with Crippen LogP contribution in [0.15, 0.2) is 18.2 Å². The van der Waals surface area contributed by atoms with Crippen LogP contribution < -0.4 is 5.32 Å². The molecule has 0 saturated carbocycles. The number of amides is 1. The molecule has 1 amide bonds. The Morgan fingerprint density at radius 3 is 2.50 bits per heavy atom. The van der Waals surface area contributed by atoms with Gasteiger partial charge in [-0.25, -0.2) is 0 Å². The van der Waals surface area contributed by atoms with Gasteiger partial charge in [-0.15, -0.1) is 0 Å². The molecule has 0 spiro atoms. The van der Waals surface area contributed by atoms with Crippen LogP contribution in [0.3, 0.4) is 0 Å². The van der Waals surface area contributed by atoms with Crippen molar-refractivity contribution >= 4 is 28.5 Å². The van der Waals surface area contributed by atoms with Gasteiger partial charge in [0.25, 0.3) is 5.91 Å². The molecule has 0 radical (unpaired) electrons. The van der Waals surface area contributed by atoms with E-state index in [0.29, 0.717) is 0 Å². The van der Waals surface area contributed by atoms with Gasteiger partial charge in [0, 0.05) is 12.1 Å². The maximum Gasteiger partial charge on any atom is 0.251 e. The molecule has 3 heteroatoms. The summed E-state index contributed by atoms with van der Waals surface area (Å²) in [5.41, 5.74) is 3.17. The summed E-state index contributed by atoms with van der Waals surface area (Å²) in [7, 11) is 0. The van der Waals surface area contributed by atoms with Crippen molar-refractivity contribution in [1.82, 2.24) is 5.32 Å². The third-order valence-electron chi connectivity index (χ3n) is 3.12. The molecule has 1 rings (SSSR count). The molecular weight excluding hydrogens is 337 g/mol. The van der Waals surface area contributed by atoms with Gasteiger partial charge in [-0.2, -0.15) is 0 Å². The first-order chi connectivity index (χ1) is 8.65. The fourth-order valence-corrected chi connectivity index (χ4v) is 2.30. The van der Waals surface area contributed by atoms with Gasteiger partial charge in [0.2, 0.25) is 0 Å². The van der Waals surface area contributed by atoms with Crippen molar-refractivity contribution < 1.29 is 4.79 Å². The predicted molar refractivity (Wildman–Crippen MR) is 85.6 cm³/mol. The van der Waals surface area contributed by atoms with E-state index in [2.05, 4.69) is 34.8 Å². The molecule has 0 unspecified atom stereocenters. The van der Waals surface area contributed by atoms with E-state index in [9.17, 15) is 4.79 Å². The second-order valence-electron chi connectivity index (χ2n) is 4.66. The van der Waals surface area contributed by atoms with Crippen molar-refractivity contribution in [3.05, 3.63) is 34.9 Å². The Morgan fingerprint density at radius 1 is 1.11 bits per heavy atom. The van der Waals surface area contributed by atoms with E-state index < -0.39 is 0 Å². The summed E-state index contributed by atoms with van der Waals surface area (Å²) >= 11 is 2.40. The second-order valence-corrected chi connectivity index (χ2v) is 5.74. The summed E-state index contributed by atoms with van der Waals surface area (Å²) < 4.78 is 1.23. The zero-order valence-electron chi connectivity index (χ0n) is 11.3. The lowest BCUT2D eigenvalue weighted by Crippen LogP contribution is -2.24. The largest absolute Gasteiger partial charge is 0.352 e. The minimum atomic E-state index is 0.0481. The quantitative estimate of drug-likeness (QED) is 0.445. The van der Waals surface area contributed by atoms with Crippen molar-refractivity contribution in [2.24, 2.45) is 0 Å². The Labute approximate surface area is 124 Å². The average molecular weight is 359 g/mol. The van der Waals surface area contributed by atoms with Gasteiger partial charge in [0.15, 0.2) is 0 Å². The first kappa shape index (κ1) is 15.5. The van der Waals surface area contributed by atoms with Crippen molar-refractivity contribution in [2.75, 3.05) is 11.0 Å². The summed E-state index contributed by atoms with van der Waals surface area (Å²) in [6.07, 6.45) is 4.83. The summed E-state index contributed by atoms with van der Waals surface area (Å²) in [5.74, 6) is 0.0481. The lowest BCUT2D eigenvalue weighted by molar-refractivity contribution is 0.0953. The first-order valence-electron chi connectivity index (χ1n) is 6.56. The number of hydrogen-bond donors (Lipinski definition) is 1. The lowest BCUT2D eigenvalue weighted by atomic mass is 10.1. The molecule has 0 aromatic heterocycles. The lowest BCUT2D eigenvalue weighted by Gasteiger charge is -2.07. The smallest absolute Gasteiger partial charge is 0.251 e. The summed E-state index contributed by atoms with van der Waals surface area (Å²) in [6.45, 7) is 4.88. The number of benzene rings is 1. The van der Waals surface area contributed by atoms with E-state index in [1.165, 1.54) is 34.8 Å². The number of nitrogens with one attached hydrogen (secondary N) is 1. The monoisotopic (exact) mass is 359 g/mol. The standard InChI is InChI=1S/C15H22INO/c1-12-7-8-14(11-13(12)2)15(18)17-10-6-4-3-5-9-16/h7-8,11H,3-6,9-10H2,1-2H3,(H,17,18). The summed E-state index contributed by atoms with van der Waals surface area (Å²) in [5, 5.41) is 2.98. The maximum absolute atomic E-state index is 11.9. The van der Waals surface area contributed by atoms with Crippen molar-refractivity contribution in [2.45, 2.75) is 39.5 Å². The zero-order chi connectivity index (χ0) is 13.4. The Morgan fingerprint density at radius 2 is 1.83 bits per heavy atom. The number of carbonyl (C=O) groups is 1. The molecule has 100 valence electrons. The van der Waals surface area contributed by atoms with Gasteiger partial charge in [0.1, 0.15) is 0 Å². The number of unbranched alkanes of at least 4 members (excludes halogenated alkanes) is 3. The number of alkyl halides is 1. The molecule has 0 fully saturated rings. The predicted octanol–water partition coefficient (Wildman–Crippen LogP) is 4.03. The van der Waals surface area contributed by atoms with Gasteiger partial charge in [0.05, 0.1) is 0 Å². The fraction of sp³-hybridized carbons (Fsp3) is 0.533. The molecule has 2 nitrogen and oxygen atoms in total. The Balaban J connectivity index is 2.30. The number of aryl methyl sites for hydroxylation is 2. The molecule has 18 heavy (non-hydrogen) atoms. The molecule has 0 heterocycles. The molecule has 0 aliphatic heterocycles. The van der Waals surface area contributed by atoms with Crippen LogP contribution >= 0.6 is 22.6 Å². The van der Waals surface area contributed by atoms with Gasteiger partial charge in [-0.05, 0) is 54.4 Å². The van der Waals surface area contributed by atoms with Crippen molar-refractivity contribution in [3.63, 3.8) is 0 Å². The van der Waals surface area contributed by atoms with E-state index in [0.717, 1.165) is 18.5 Å². The molecule has 1 aromatic carbocycles. The Bertz CT molecular complexity index is 390. The maximum atomic E-state index is 11.9. The number of carbonyl (C=O) groups excluding carboxylic acids is 1. The fourth-order valence-electron chi connectivity index (χ4n) is 1.76. The highest BCUT2D eigenvalue weighted by Crippen LogP contribution is 2.09. The topological polar surface area (TPSA) is 29.1 Å². The minimum Gasteiger partial charge on any atom is -0.352 e. The SMILES string of the molecule is Cc1ccc(C(=O)NCCCCCCI)cc1C. The van der Waals surface area contributed by atoms with Crippen LogP contribution in [0.5, 0.6) is 0 Å². The van der Waals surface area contributed by atoms with Crippen LogP contribution in [-0.4, -0.2) is 16.9 Å². The van der Waals surface area contributed by atoms with E-state index in [-0.39, 0.29) is 5.91 Å². The molecule has 0 saturated heterocycles. The van der Waals surface area contributed by atoms with Crippen LogP contribution in [0.4, 0.5) is 0 Å². The van der Waals surface area contributed by atoms with E-state index in [1.54, 1.807) is 0 Å². The number of rotatable bonds is 7. The summed E-state index contributed by atoms with van der Waals surface area (Å²) in [6, 6.07) is 5.86. The van der Waals surface area contributed by atoms with Crippen LogP contribution in [0.2, 0.25) is 0 Å². The molecule has 1 N–H and O–H groups in total. The molecule has 0 bridgehead atoms. The minimum absolute atomic E-state index is 0.0481. The highest BCUT2D eigenvalue weighted by atomic mass is 127. The molecular formula is C15H22INO. The third-order valence-corrected chi connectivity index (χ3v) is 3.88. The van der Waals surface area contributed by atoms with Crippen LogP contribution in [0, 0.1) is 13.8 Å². The molecule has 1 aromatic rings.